The van der Waals surface area contributed by atoms with Crippen molar-refractivity contribution in [3.8, 4) is 0 Å². The van der Waals surface area contributed by atoms with Gasteiger partial charge in [-0.15, -0.1) is 0 Å². The zero-order valence-corrected chi connectivity index (χ0v) is 7.39. The van der Waals surface area contributed by atoms with Gasteiger partial charge in [0.1, 0.15) is 0 Å². The van der Waals surface area contributed by atoms with Crippen molar-refractivity contribution in [1.29, 1.82) is 0 Å². The van der Waals surface area contributed by atoms with Crippen LogP contribution in [0.2, 0.25) is 0 Å². The summed E-state index contributed by atoms with van der Waals surface area (Å²) < 4.78 is 31.2. The van der Waals surface area contributed by atoms with E-state index in [1.807, 2.05) is 0 Å². The molecule has 0 aromatic carbocycles. The van der Waals surface area contributed by atoms with Crippen molar-refractivity contribution >= 4 is 11.2 Å². The van der Waals surface area contributed by atoms with Gasteiger partial charge >= 0.3 is 5.69 Å². The number of fused-ring (bicyclic) bond motifs is 1. The van der Waals surface area contributed by atoms with E-state index in [2.05, 4.69) is 4.98 Å². The average Bonchev–Trinajstić information content (AvgIpc) is 2.59. The van der Waals surface area contributed by atoms with E-state index in [-0.39, 0.29) is 15.7 Å². The van der Waals surface area contributed by atoms with Gasteiger partial charge in [0.15, 0.2) is 11.2 Å². The fraction of sp³-hybridized carbons (Fsp3) is 0.375. The second kappa shape index (κ2) is 2.57. The standard InChI is InChI=1S/C8H10N4O2/c1-10-4-9-6-5(10)7(13)12(3)8(14)11(6)2/h4H,1-3H3/i2D,3D3. The number of hydrogen-bond acceptors (Lipinski definition) is 3. The number of imidazole rings is 1. The van der Waals surface area contributed by atoms with Crippen molar-refractivity contribution in [2.24, 2.45) is 21.0 Å². The van der Waals surface area contributed by atoms with Crippen LogP contribution in [0.4, 0.5) is 0 Å². The summed E-state index contributed by atoms with van der Waals surface area (Å²) in [6, 6.07) is 0. The second-order valence-electron chi connectivity index (χ2n) is 2.88. The lowest BCUT2D eigenvalue weighted by Crippen LogP contribution is -2.37. The third-order valence-corrected chi connectivity index (χ3v) is 2.00. The van der Waals surface area contributed by atoms with Crippen molar-refractivity contribution < 1.29 is 5.48 Å². The highest BCUT2D eigenvalue weighted by atomic mass is 16.2. The Labute approximate surface area is 84.6 Å². The van der Waals surface area contributed by atoms with Crippen molar-refractivity contribution in [2.45, 2.75) is 0 Å². The zero-order valence-electron chi connectivity index (χ0n) is 11.4. The number of hydrogen-bond donors (Lipinski definition) is 0. The highest BCUT2D eigenvalue weighted by Crippen LogP contribution is 2.01. The van der Waals surface area contributed by atoms with Crippen LogP contribution >= 0.6 is 0 Å². The largest absolute Gasteiger partial charge is 0.332 e. The van der Waals surface area contributed by atoms with Crippen LogP contribution in [-0.4, -0.2) is 18.7 Å². The lowest BCUT2D eigenvalue weighted by Gasteiger charge is -2.02. The quantitative estimate of drug-likeness (QED) is 0.544. The van der Waals surface area contributed by atoms with E-state index in [0.29, 0.717) is 0 Å². The Morgan fingerprint density at radius 3 is 2.86 bits per heavy atom. The molecule has 2 aromatic rings. The molecule has 6 nitrogen and oxygen atoms in total. The van der Waals surface area contributed by atoms with E-state index < -0.39 is 25.2 Å². The molecule has 0 saturated heterocycles. The van der Waals surface area contributed by atoms with Crippen molar-refractivity contribution in [3.05, 3.63) is 27.2 Å². The van der Waals surface area contributed by atoms with Crippen LogP contribution < -0.4 is 11.2 Å². The summed E-state index contributed by atoms with van der Waals surface area (Å²) in [5.41, 5.74) is -1.98. The fourth-order valence-corrected chi connectivity index (χ4v) is 1.27. The van der Waals surface area contributed by atoms with Crippen LogP contribution in [0.25, 0.3) is 11.2 Å². The van der Waals surface area contributed by atoms with Gasteiger partial charge in [-0.1, -0.05) is 0 Å². The minimum Gasteiger partial charge on any atom is -0.328 e. The van der Waals surface area contributed by atoms with E-state index >= 15 is 0 Å². The van der Waals surface area contributed by atoms with Crippen molar-refractivity contribution in [2.75, 3.05) is 0 Å². The first-order valence-electron chi connectivity index (χ1n) is 5.96. The maximum Gasteiger partial charge on any atom is 0.332 e. The molecule has 0 saturated carbocycles. The molecule has 0 radical (unpaired) electrons. The predicted octanol–water partition coefficient (Wildman–Crippen LogP) is -1.03. The Balaban J connectivity index is 3.10. The van der Waals surface area contributed by atoms with E-state index in [9.17, 15) is 9.59 Å². The topological polar surface area (TPSA) is 61.8 Å². The summed E-state index contributed by atoms with van der Waals surface area (Å²) in [6.07, 6.45) is 1.29. The van der Waals surface area contributed by atoms with Crippen LogP contribution in [-0.2, 0) is 21.0 Å². The Hall–Kier alpha value is -1.85. The number of rotatable bonds is 0. The summed E-state index contributed by atoms with van der Waals surface area (Å²) in [5, 5.41) is 0. The van der Waals surface area contributed by atoms with Gasteiger partial charge in [-0.2, -0.15) is 0 Å². The molecule has 0 N–H and O–H groups in total. The first-order valence-corrected chi connectivity index (χ1v) is 3.75. The number of aromatic nitrogens is 4. The molecule has 2 aromatic heterocycles. The maximum absolute atomic E-state index is 12.0. The van der Waals surface area contributed by atoms with Gasteiger partial charge < -0.3 is 4.57 Å². The number of aryl methyl sites for hydroxylation is 2. The molecule has 0 bridgehead atoms. The van der Waals surface area contributed by atoms with E-state index in [1.165, 1.54) is 17.9 Å². The Morgan fingerprint density at radius 1 is 1.43 bits per heavy atom. The summed E-state index contributed by atoms with van der Waals surface area (Å²) in [5.74, 6) is 0. The van der Waals surface area contributed by atoms with E-state index in [0.717, 1.165) is 4.57 Å². The fourth-order valence-electron chi connectivity index (χ4n) is 1.27. The van der Waals surface area contributed by atoms with E-state index in [4.69, 9.17) is 5.48 Å². The van der Waals surface area contributed by atoms with Gasteiger partial charge in [0.05, 0.1) is 6.33 Å². The Morgan fingerprint density at radius 2 is 2.21 bits per heavy atom. The molecule has 0 atom stereocenters. The van der Waals surface area contributed by atoms with Crippen molar-refractivity contribution in [1.82, 2.24) is 18.7 Å². The maximum atomic E-state index is 12.0. The average molecular weight is 198 g/mol. The Bertz CT molecular complexity index is 723. The molecule has 0 amide bonds. The molecule has 14 heavy (non-hydrogen) atoms. The lowest BCUT2D eigenvalue weighted by atomic mass is 10.5. The molecule has 0 fully saturated rings. The van der Waals surface area contributed by atoms with Gasteiger partial charge in [0.2, 0.25) is 0 Å². The van der Waals surface area contributed by atoms with Crippen LogP contribution in [0.3, 0.4) is 0 Å². The molecule has 0 unspecified atom stereocenters. The van der Waals surface area contributed by atoms with E-state index in [1.54, 1.807) is 0 Å². The van der Waals surface area contributed by atoms with Gasteiger partial charge in [-0.25, -0.2) is 9.78 Å². The summed E-state index contributed by atoms with van der Waals surface area (Å²) in [6.45, 7) is -2.89. The Kier molecular flexibility index (Phi) is 0.942. The first-order chi connectivity index (χ1) is 8.29. The molecule has 0 aliphatic heterocycles. The molecular formula is C8H10N4O2. The summed E-state index contributed by atoms with van der Waals surface area (Å²) in [4.78, 5) is 27.7. The monoisotopic (exact) mass is 198 g/mol. The highest BCUT2D eigenvalue weighted by Gasteiger charge is 2.11. The van der Waals surface area contributed by atoms with Gasteiger partial charge in [-0.05, 0) is 0 Å². The lowest BCUT2D eigenvalue weighted by molar-refractivity contribution is 0.705. The minimum atomic E-state index is -2.89. The molecule has 0 spiro atoms. The van der Waals surface area contributed by atoms with Crippen LogP contribution in [0.1, 0.15) is 5.48 Å². The molecular weight excluding hydrogens is 184 g/mol. The molecule has 0 aliphatic carbocycles. The smallest absolute Gasteiger partial charge is 0.328 e. The molecule has 6 heteroatoms. The molecule has 2 rings (SSSR count). The molecule has 2 heterocycles. The SMILES string of the molecule is [2H]Cn1c(=O)n(C([2H])([2H])[2H])c(=O)c2c1ncn2C. The van der Waals surface area contributed by atoms with Gasteiger partial charge in [-0.3, -0.25) is 13.9 Å². The molecule has 74 valence electrons. The van der Waals surface area contributed by atoms with Gasteiger partial charge in [0.25, 0.3) is 5.56 Å². The van der Waals surface area contributed by atoms with Crippen LogP contribution in [0, 0.1) is 0 Å². The van der Waals surface area contributed by atoms with Gasteiger partial charge in [0, 0.05) is 26.5 Å². The second-order valence-corrected chi connectivity index (χ2v) is 2.88. The third-order valence-electron chi connectivity index (χ3n) is 2.00. The molecule has 0 aliphatic rings. The first kappa shape index (κ1) is 5.14. The summed E-state index contributed by atoms with van der Waals surface area (Å²) >= 11 is 0. The van der Waals surface area contributed by atoms with Crippen molar-refractivity contribution in [3.63, 3.8) is 0 Å². The third kappa shape index (κ3) is 0.876. The highest BCUT2D eigenvalue weighted by molar-refractivity contribution is 5.69. The van der Waals surface area contributed by atoms with Crippen LogP contribution in [0.5, 0.6) is 0 Å². The van der Waals surface area contributed by atoms with Crippen LogP contribution in [0.15, 0.2) is 15.9 Å². The minimum absolute atomic E-state index is 0.0158. The normalized spacial score (nSPS) is 16.1. The predicted molar refractivity (Wildman–Crippen MR) is 51.2 cm³/mol. The zero-order chi connectivity index (χ0) is 13.7. The number of nitrogens with zero attached hydrogens (tertiary/aromatic N) is 4. The summed E-state index contributed by atoms with van der Waals surface area (Å²) in [7, 11) is 1.00.